The van der Waals surface area contributed by atoms with E-state index in [-0.39, 0.29) is 5.60 Å². The van der Waals surface area contributed by atoms with Crippen LogP contribution in [0.15, 0.2) is 11.6 Å². The molecular formula is C26H48O2. The van der Waals surface area contributed by atoms with E-state index in [4.69, 9.17) is 4.74 Å². The van der Waals surface area contributed by atoms with Crippen molar-refractivity contribution in [3.63, 3.8) is 0 Å². The van der Waals surface area contributed by atoms with E-state index < -0.39 is 6.29 Å². The van der Waals surface area contributed by atoms with E-state index in [1.54, 1.807) is 0 Å². The second kappa shape index (κ2) is 9.21. The lowest BCUT2D eigenvalue weighted by molar-refractivity contribution is -0.174. The molecule has 2 nitrogen and oxygen atoms in total. The number of aliphatic hydroxyl groups is 1. The lowest BCUT2D eigenvalue weighted by Gasteiger charge is -2.44. The van der Waals surface area contributed by atoms with Crippen molar-refractivity contribution < 1.29 is 9.84 Å². The molecule has 0 aromatic carbocycles. The lowest BCUT2D eigenvalue weighted by Crippen LogP contribution is -2.39. The van der Waals surface area contributed by atoms with Crippen molar-refractivity contribution in [2.24, 2.45) is 28.6 Å². The van der Waals surface area contributed by atoms with Crippen LogP contribution in [-0.4, -0.2) is 17.0 Å². The summed E-state index contributed by atoms with van der Waals surface area (Å²) < 4.78 is 6.21. The molecule has 0 heterocycles. The second-order valence-electron chi connectivity index (χ2n) is 12.1. The van der Waals surface area contributed by atoms with Gasteiger partial charge in [0.1, 0.15) is 0 Å². The van der Waals surface area contributed by atoms with Crippen LogP contribution in [0, 0.1) is 28.6 Å². The highest BCUT2D eigenvalue weighted by Gasteiger charge is 2.39. The van der Waals surface area contributed by atoms with Gasteiger partial charge in [-0.3, -0.25) is 0 Å². The van der Waals surface area contributed by atoms with Gasteiger partial charge in [-0.15, -0.1) is 0 Å². The van der Waals surface area contributed by atoms with Crippen LogP contribution < -0.4 is 0 Å². The molecule has 2 heteroatoms. The van der Waals surface area contributed by atoms with E-state index in [1.165, 1.54) is 44.9 Å². The van der Waals surface area contributed by atoms with Crippen LogP contribution in [0.25, 0.3) is 0 Å². The molecule has 0 aliphatic heterocycles. The van der Waals surface area contributed by atoms with Gasteiger partial charge in [-0.05, 0) is 86.5 Å². The van der Waals surface area contributed by atoms with Crippen LogP contribution in [0.4, 0.5) is 0 Å². The zero-order valence-corrected chi connectivity index (χ0v) is 20.1. The Bertz CT molecular complexity index is 517. The van der Waals surface area contributed by atoms with Crippen LogP contribution >= 0.6 is 0 Å². The van der Waals surface area contributed by atoms with E-state index in [0.717, 1.165) is 24.3 Å². The molecular weight excluding hydrogens is 344 g/mol. The van der Waals surface area contributed by atoms with Crippen molar-refractivity contribution in [2.75, 3.05) is 0 Å². The fourth-order valence-corrected chi connectivity index (χ4v) is 5.55. The highest BCUT2D eigenvalue weighted by Crippen LogP contribution is 2.47. The molecule has 2 aliphatic carbocycles. The smallest absolute Gasteiger partial charge is 0.177 e. The summed E-state index contributed by atoms with van der Waals surface area (Å²) in [7, 11) is 0. The molecule has 0 radical (unpaired) electrons. The molecule has 0 spiro atoms. The average molecular weight is 393 g/mol. The SMILES string of the molecule is CCC(C)(C)C(CC(C)(C)C)C1CC=C(C(O)OC(C)(C)C2CCCC2)CC1. The summed E-state index contributed by atoms with van der Waals surface area (Å²) in [6.45, 7) is 18.7. The van der Waals surface area contributed by atoms with Gasteiger partial charge >= 0.3 is 0 Å². The first kappa shape index (κ1) is 23.9. The minimum absolute atomic E-state index is 0.230. The fourth-order valence-electron chi connectivity index (χ4n) is 5.55. The maximum Gasteiger partial charge on any atom is 0.177 e. The highest BCUT2D eigenvalue weighted by molar-refractivity contribution is 5.11. The van der Waals surface area contributed by atoms with Crippen molar-refractivity contribution >= 4 is 0 Å². The summed E-state index contributed by atoms with van der Waals surface area (Å²) in [5.41, 5.74) is 1.61. The standard InChI is InChI=1S/C26H48O2/c1-9-25(5,6)22(18-24(2,3)4)19-14-16-20(17-15-19)23(27)28-26(7,8)21-12-10-11-13-21/h16,19,21-23,27H,9-15,17-18H2,1-8H3. The van der Waals surface area contributed by atoms with Crippen LogP contribution in [-0.2, 0) is 4.74 Å². The molecule has 3 atom stereocenters. The molecule has 1 fully saturated rings. The molecule has 0 bridgehead atoms. The van der Waals surface area contributed by atoms with Crippen LogP contribution in [0.1, 0.15) is 113 Å². The predicted molar refractivity (Wildman–Crippen MR) is 120 cm³/mol. The average Bonchev–Trinajstić information content (AvgIpc) is 3.14. The molecule has 164 valence electrons. The lowest BCUT2D eigenvalue weighted by atomic mass is 9.62. The molecule has 2 aliphatic rings. The normalized spacial score (nSPS) is 24.9. The van der Waals surface area contributed by atoms with Gasteiger partial charge in [-0.1, -0.05) is 66.9 Å². The van der Waals surface area contributed by atoms with Crippen LogP contribution in [0.2, 0.25) is 0 Å². The van der Waals surface area contributed by atoms with Crippen LogP contribution in [0.5, 0.6) is 0 Å². The molecule has 0 saturated heterocycles. The third-order valence-electron chi connectivity index (χ3n) is 7.87. The second-order valence-corrected chi connectivity index (χ2v) is 12.1. The summed E-state index contributed by atoms with van der Waals surface area (Å²) in [6, 6.07) is 0. The molecule has 3 unspecified atom stereocenters. The summed E-state index contributed by atoms with van der Waals surface area (Å²) >= 11 is 0. The molecule has 0 aromatic rings. The maximum absolute atomic E-state index is 10.8. The van der Waals surface area contributed by atoms with E-state index in [1.807, 2.05) is 0 Å². The number of allylic oxidation sites excluding steroid dienone is 1. The van der Waals surface area contributed by atoms with E-state index >= 15 is 0 Å². The highest BCUT2D eigenvalue weighted by atomic mass is 16.6. The Kier molecular flexibility index (Phi) is 7.87. The summed E-state index contributed by atoms with van der Waals surface area (Å²) in [5, 5.41) is 10.8. The van der Waals surface area contributed by atoms with Gasteiger partial charge in [0, 0.05) is 0 Å². The monoisotopic (exact) mass is 392 g/mol. The van der Waals surface area contributed by atoms with E-state index in [0.29, 0.717) is 22.7 Å². The van der Waals surface area contributed by atoms with Crippen molar-refractivity contribution in [2.45, 2.75) is 125 Å². The molecule has 1 N–H and O–H groups in total. The van der Waals surface area contributed by atoms with Gasteiger partial charge in [0.15, 0.2) is 6.29 Å². The maximum atomic E-state index is 10.8. The predicted octanol–water partition coefficient (Wildman–Crippen LogP) is 7.51. The molecule has 1 saturated carbocycles. The number of hydrogen-bond acceptors (Lipinski definition) is 2. The van der Waals surface area contributed by atoms with Gasteiger partial charge in [-0.2, -0.15) is 0 Å². The fraction of sp³-hybridized carbons (Fsp3) is 0.923. The van der Waals surface area contributed by atoms with E-state index in [9.17, 15) is 5.11 Å². The Balaban J connectivity index is 2.02. The van der Waals surface area contributed by atoms with Gasteiger partial charge in [0.2, 0.25) is 0 Å². The number of rotatable bonds is 8. The topological polar surface area (TPSA) is 29.5 Å². The molecule has 28 heavy (non-hydrogen) atoms. The van der Waals surface area contributed by atoms with Crippen molar-refractivity contribution in [1.82, 2.24) is 0 Å². The first-order valence-electron chi connectivity index (χ1n) is 11.9. The zero-order chi connectivity index (χ0) is 21.2. The first-order valence-corrected chi connectivity index (χ1v) is 11.9. The number of hydrogen-bond donors (Lipinski definition) is 1. The quantitative estimate of drug-likeness (QED) is 0.342. The van der Waals surface area contributed by atoms with Gasteiger partial charge in [0.05, 0.1) is 5.60 Å². The van der Waals surface area contributed by atoms with Gasteiger partial charge in [-0.25, -0.2) is 0 Å². The molecule has 0 aromatic heterocycles. The Morgan fingerprint density at radius 1 is 1.04 bits per heavy atom. The minimum atomic E-state index is -0.725. The van der Waals surface area contributed by atoms with Crippen molar-refractivity contribution in [3.05, 3.63) is 11.6 Å². The minimum Gasteiger partial charge on any atom is -0.364 e. The molecule has 0 amide bonds. The Morgan fingerprint density at radius 3 is 2.11 bits per heavy atom. The Hall–Kier alpha value is -0.340. The Labute approximate surface area is 175 Å². The first-order chi connectivity index (χ1) is 12.9. The van der Waals surface area contributed by atoms with Gasteiger partial charge < -0.3 is 9.84 Å². The zero-order valence-electron chi connectivity index (χ0n) is 20.1. The van der Waals surface area contributed by atoms with Crippen molar-refractivity contribution in [1.29, 1.82) is 0 Å². The number of aliphatic hydroxyl groups excluding tert-OH is 1. The third-order valence-corrected chi connectivity index (χ3v) is 7.87. The molecule has 2 rings (SSSR count). The summed E-state index contributed by atoms with van der Waals surface area (Å²) in [4.78, 5) is 0. The number of ether oxygens (including phenoxy) is 1. The van der Waals surface area contributed by atoms with Crippen LogP contribution in [0.3, 0.4) is 0 Å². The summed E-state index contributed by atoms with van der Waals surface area (Å²) in [5.74, 6) is 2.02. The summed E-state index contributed by atoms with van der Waals surface area (Å²) in [6.07, 6.45) is 12.4. The van der Waals surface area contributed by atoms with Gasteiger partial charge in [0.25, 0.3) is 0 Å². The Morgan fingerprint density at radius 2 is 1.64 bits per heavy atom. The third kappa shape index (κ3) is 6.33. The largest absolute Gasteiger partial charge is 0.364 e. The van der Waals surface area contributed by atoms with Crippen molar-refractivity contribution in [3.8, 4) is 0 Å². The van der Waals surface area contributed by atoms with E-state index in [2.05, 4.69) is 61.5 Å².